The molecule has 0 spiro atoms. The van der Waals surface area contributed by atoms with Gasteiger partial charge in [0.25, 0.3) is 0 Å². The van der Waals surface area contributed by atoms with Crippen molar-refractivity contribution in [2.45, 2.75) is 64.9 Å². The zero-order valence-electron chi connectivity index (χ0n) is 13.2. The lowest BCUT2D eigenvalue weighted by atomic mass is 9.43. The van der Waals surface area contributed by atoms with Crippen LogP contribution in [-0.2, 0) is 9.53 Å². The zero-order valence-corrected chi connectivity index (χ0v) is 13.2. The van der Waals surface area contributed by atoms with Gasteiger partial charge in [-0.2, -0.15) is 0 Å². The van der Waals surface area contributed by atoms with Crippen molar-refractivity contribution < 1.29 is 9.53 Å². The molecule has 4 aliphatic rings. The second-order valence-corrected chi connectivity index (χ2v) is 7.94. The molecule has 4 rings (SSSR count). The van der Waals surface area contributed by atoms with Crippen LogP contribution in [0.3, 0.4) is 0 Å². The van der Waals surface area contributed by atoms with E-state index in [1.54, 1.807) is 0 Å². The van der Waals surface area contributed by atoms with Gasteiger partial charge in [-0.1, -0.05) is 27.4 Å². The van der Waals surface area contributed by atoms with Gasteiger partial charge in [0.1, 0.15) is 5.60 Å². The molecule has 0 aromatic heterocycles. The van der Waals surface area contributed by atoms with Crippen LogP contribution in [0.1, 0.15) is 59.3 Å². The van der Waals surface area contributed by atoms with Crippen LogP contribution in [0.5, 0.6) is 0 Å². The molecule has 112 valence electrons. The number of esters is 1. The highest BCUT2D eigenvalue weighted by atomic mass is 16.6. The maximum atomic E-state index is 12.0. The number of hydrogen-bond acceptors (Lipinski definition) is 2. The van der Waals surface area contributed by atoms with Crippen LogP contribution in [-0.4, -0.2) is 11.6 Å². The third-order valence-electron chi connectivity index (χ3n) is 6.60. The van der Waals surface area contributed by atoms with E-state index >= 15 is 0 Å². The van der Waals surface area contributed by atoms with E-state index in [1.165, 1.54) is 38.2 Å². The van der Waals surface area contributed by atoms with E-state index in [0.717, 1.165) is 12.3 Å². The molecule has 0 heterocycles. The van der Waals surface area contributed by atoms with Crippen molar-refractivity contribution in [3.63, 3.8) is 0 Å². The molecule has 0 radical (unpaired) electrons. The minimum atomic E-state index is -0.220. The molecule has 0 N–H and O–H groups in total. The maximum absolute atomic E-state index is 12.0. The maximum Gasteiger partial charge on any atom is 0.330 e. The van der Waals surface area contributed by atoms with E-state index in [2.05, 4.69) is 27.4 Å². The van der Waals surface area contributed by atoms with E-state index < -0.39 is 0 Å². The summed E-state index contributed by atoms with van der Waals surface area (Å²) >= 11 is 0. The largest absolute Gasteiger partial charge is 0.455 e. The van der Waals surface area contributed by atoms with Gasteiger partial charge in [-0.05, 0) is 55.8 Å². The van der Waals surface area contributed by atoms with Gasteiger partial charge >= 0.3 is 5.97 Å². The van der Waals surface area contributed by atoms with Crippen LogP contribution in [0.15, 0.2) is 12.7 Å². The smallest absolute Gasteiger partial charge is 0.330 e. The molecule has 0 aromatic rings. The molecule has 4 saturated carbocycles. The molecule has 0 saturated heterocycles. The van der Waals surface area contributed by atoms with Gasteiger partial charge in [0.15, 0.2) is 0 Å². The van der Waals surface area contributed by atoms with E-state index in [-0.39, 0.29) is 11.6 Å². The molecule has 4 fully saturated rings. The number of rotatable bonds is 4. The molecule has 20 heavy (non-hydrogen) atoms. The van der Waals surface area contributed by atoms with Crippen LogP contribution in [0, 0.1) is 29.1 Å². The summed E-state index contributed by atoms with van der Waals surface area (Å²) < 4.78 is 6.10. The summed E-state index contributed by atoms with van der Waals surface area (Å²) in [5.41, 5.74) is 0.296. The third kappa shape index (κ3) is 1.87. The van der Waals surface area contributed by atoms with Gasteiger partial charge in [-0.25, -0.2) is 4.79 Å². The van der Waals surface area contributed by atoms with Crippen molar-refractivity contribution in [3.8, 4) is 0 Å². The Bertz CT molecular complexity index is 409. The summed E-state index contributed by atoms with van der Waals surface area (Å²) in [5, 5.41) is 0. The molecule has 2 heteroatoms. The molecule has 4 bridgehead atoms. The second kappa shape index (κ2) is 4.61. The van der Waals surface area contributed by atoms with Crippen molar-refractivity contribution in [1.82, 2.24) is 0 Å². The first kappa shape index (κ1) is 14.2. The minimum absolute atomic E-state index is 0.212. The molecular formula is C18H28O2. The van der Waals surface area contributed by atoms with Gasteiger partial charge in [0.05, 0.1) is 0 Å². The first-order valence-corrected chi connectivity index (χ1v) is 8.29. The lowest BCUT2D eigenvalue weighted by molar-refractivity contribution is -0.237. The molecule has 3 unspecified atom stereocenters. The molecule has 3 atom stereocenters. The highest BCUT2D eigenvalue weighted by Crippen LogP contribution is 2.66. The number of carbonyl (C=O) groups excluding carboxylic acids is 1. The average Bonchev–Trinajstić information content (AvgIpc) is 2.40. The predicted octanol–water partition coefficient (Wildman–Crippen LogP) is 4.35. The van der Waals surface area contributed by atoms with Gasteiger partial charge in [-0.15, -0.1) is 0 Å². The van der Waals surface area contributed by atoms with Crippen LogP contribution in [0.4, 0.5) is 0 Å². The van der Waals surface area contributed by atoms with Crippen molar-refractivity contribution in [1.29, 1.82) is 0 Å². The monoisotopic (exact) mass is 276 g/mol. The summed E-state index contributed by atoms with van der Waals surface area (Å²) in [5.74, 6) is 2.24. The average molecular weight is 276 g/mol. The molecule has 0 amide bonds. The molecule has 0 aliphatic heterocycles. The normalized spacial score (nSPS) is 47.0. The zero-order chi connectivity index (χ0) is 14.5. The summed E-state index contributed by atoms with van der Waals surface area (Å²) in [7, 11) is 0. The Kier molecular flexibility index (Phi) is 3.26. The third-order valence-corrected chi connectivity index (χ3v) is 6.60. The lowest BCUT2D eigenvalue weighted by Crippen LogP contribution is -2.64. The molecule has 2 nitrogen and oxygen atoms in total. The van der Waals surface area contributed by atoms with Crippen molar-refractivity contribution in [2.75, 3.05) is 0 Å². The van der Waals surface area contributed by atoms with Crippen LogP contribution in [0.25, 0.3) is 0 Å². The van der Waals surface area contributed by atoms with Crippen molar-refractivity contribution in [3.05, 3.63) is 12.7 Å². The fourth-order valence-corrected chi connectivity index (χ4v) is 6.00. The van der Waals surface area contributed by atoms with Gasteiger partial charge in [0, 0.05) is 17.9 Å². The minimum Gasteiger partial charge on any atom is -0.455 e. The van der Waals surface area contributed by atoms with Gasteiger partial charge in [-0.3, -0.25) is 0 Å². The molecule has 0 aromatic carbocycles. The van der Waals surface area contributed by atoms with Crippen molar-refractivity contribution >= 4 is 5.97 Å². The fourth-order valence-electron chi connectivity index (χ4n) is 6.00. The second-order valence-electron chi connectivity index (χ2n) is 7.94. The van der Waals surface area contributed by atoms with Gasteiger partial charge < -0.3 is 4.74 Å². The van der Waals surface area contributed by atoms with Crippen LogP contribution in [0.2, 0.25) is 0 Å². The SMILES string of the molecule is C=CC(=O)OC1(C(C)CC)C2CC3CC1CC(C)(C3)C2. The Morgan fingerprint density at radius 2 is 1.95 bits per heavy atom. The summed E-state index contributed by atoms with van der Waals surface area (Å²) in [6, 6.07) is 0. The Balaban J connectivity index is 1.98. The highest BCUT2D eigenvalue weighted by molar-refractivity contribution is 5.81. The van der Waals surface area contributed by atoms with E-state index in [0.29, 0.717) is 23.2 Å². The predicted molar refractivity (Wildman–Crippen MR) is 80.1 cm³/mol. The quantitative estimate of drug-likeness (QED) is 0.564. The highest BCUT2D eigenvalue weighted by Gasteiger charge is 2.64. The van der Waals surface area contributed by atoms with Gasteiger partial charge in [0.2, 0.25) is 0 Å². The van der Waals surface area contributed by atoms with E-state index in [9.17, 15) is 4.79 Å². The lowest BCUT2D eigenvalue weighted by Gasteiger charge is -2.65. The summed E-state index contributed by atoms with van der Waals surface area (Å²) in [6.45, 7) is 10.6. The topological polar surface area (TPSA) is 26.3 Å². The van der Waals surface area contributed by atoms with Crippen LogP contribution >= 0.6 is 0 Å². The molecular weight excluding hydrogens is 248 g/mol. The molecule has 4 aliphatic carbocycles. The van der Waals surface area contributed by atoms with E-state index in [1.807, 2.05) is 0 Å². The number of carbonyl (C=O) groups is 1. The Labute approximate surface area is 123 Å². The Hall–Kier alpha value is -0.790. The number of hydrogen-bond donors (Lipinski definition) is 0. The summed E-state index contributed by atoms with van der Waals surface area (Å²) in [6.07, 6.45) is 8.84. The summed E-state index contributed by atoms with van der Waals surface area (Å²) in [4.78, 5) is 12.0. The van der Waals surface area contributed by atoms with Crippen LogP contribution < -0.4 is 0 Å². The fraction of sp³-hybridized carbons (Fsp3) is 0.833. The van der Waals surface area contributed by atoms with Crippen molar-refractivity contribution in [2.24, 2.45) is 29.1 Å². The first-order chi connectivity index (χ1) is 9.43. The Morgan fingerprint density at radius 1 is 1.35 bits per heavy atom. The standard InChI is InChI=1S/C18H28O2/c1-5-12(3)18(20-16(19)6-2)14-7-13-8-15(18)11-17(4,9-13)10-14/h6,12-15H,2,5,7-11H2,1,3-4H3. The van der Waals surface area contributed by atoms with E-state index in [4.69, 9.17) is 4.74 Å². The number of ether oxygens (including phenoxy) is 1. The Morgan fingerprint density at radius 3 is 2.40 bits per heavy atom. The first-order valence-electron chi connectivity index (χ1n) is 8.29.